The van der Waals surface area contributed by atoms with Crippen molar-refractivity contribution in [1.82, 2.24) is 15.1 Å². The van der Waals surface area contributed by atoms with Gasteiger partial charge in [0.15, 0.2) is 0 Å². The topological polar surface area (TPSA) is 63.8 Å². The van der Waals surface area contributed by atoms with Crippen LogP contribution in [0.2, 0.25) is 5.02 Å². The first-order chi connectivity index (χ1) is 12.6. The largest absolute Gasteiger partial charge is 0.365 e. The predicted molar refractivity (Wildman–Crippen MR) is 93.7 cm³/mol. The van der Waals surface area contributed by atoms with Gasteiger partial charge in [0.25, 0.3) is 5.71 Å². The van der Waals surface area contributed by atoms with Gasteiger partial charge in [-0.3, -0.25) is 0 Å². The molecule has 0 atom stereocenters. The van der Waals surface area contributed by atoms with Gasteiger partial charge in [0.05, 0.1) is 0 Å². The number of fused-ring (bicyclic) bond motifs is 1. The molecule has 5 nitrogen and oxygen atoms in total. The second-order valence-electron chi connectivity index (χ2n) is 5.57. The SMILES string of the molecule is Fc1cc(F)cc(-c2noc3ncnc(NCc4ccc(Cl)cc4)c23)c1. The minimum absolute atomic E-state index is 0.221. The highest BCUT2D eigenvalue weighted by atomic mass is 35.5. The molecule has 8 heteroatoms. The van der Waals surface area contributed by atoms with Crippen LogP contribution in [0.5, 0.6) is 0 Å². The van der Waals surface area contributed by atoms with Gasteiger partial charge in [0.1, 0.15) is 34.9 Å². The Balaban J connectivity index is 1.73. The maximum absolute atomic E-state index is 13.6. The van der Waals surface area contributed by atoms with Crippen molar-refractivity contribution in [1.29, 1.82) is 0 Å². The van der Waals surface area contributed by atoms with E-state index in [9.17, 15) is 8.78 Å². The van der Waals surface area contributed by atoms with E-state index < -0.39 is 11.6 Å². The summed E-state index contributed by atoms with van der Waals surface area (Å²) in [5, 5.41) is 8.17. The Morgan fingerprint density at radius 2 is 1.73 bits per heavy atom. The maximum Gasteiger partial charge on any atom is 0.263 e. The van der Waals surface area contributed by atoms with Crippen molar-refractivity contribution < 1.29 is 13.3 Å². The van der Waals surface area contributed by atoms with E-state index in [0.717, 1.165) is 11.6 Å². The molecule has 0 radical (unpaired) electrons. The Morgan fingerprint density at radius 1 is 1.00 bits per heavy atom. The number of hydrogen-bond donors (Lipinski definition) is 1. The highest BCUT2D eigenvalue weighted by Crippen LogP contribution is 2.32. The molecule has 0 aliphatic heterocycles. The third kappa shape index (κ3) is 3.21. The molecule has 0 bridgehead atoms. The molecule has 26 heavy (non-hydrogen) atoms. The monoisotopic (exact) mass is 372 g/mol. The summed E-state index contributed by atoms with van der Waals surface area (Å²) in [6.45, 7) is 0.464. The Morgan fingerprint density at radius 3 is 2.46 bits per heavy atom. The van der Waals surface area contributed by atoms with Gasteiger partial charge >= 0.3 is 0 Å². The van der Waals surface area contributed by atoms with E-state index in [1.54, 1.807) is 12.1 Å². The van der Waals surface area contributed by atoms with Crippen LogP contribution in [0.1, 0.15) is 5.56 Å². The van der Waals surface area contributed by atoms with Crippen LogP contribution in [-0.4, -0.2) is 15.1 Å². The van der Waals surface area contributed by atoms with Crippen LogP contribution >= 0.6 is 11.6 Å². The number of nitrogens with zero attached hydrogens (tertiary/aromatic N) is 3. The zero-order valence-corrected chi connectivity index (χ0v) is 14.0. The number of hydrogen-bond acceptors (Lipinski definition) is 5. The number of benzene rings is 2. The molecule has 130 valence electrons. The first-order valence-corrected chi connectivity index (χ1v) is 8.03. The zero-order valence-electron chi connectivity index (χ0n) is 13.2. The van der Waals surface area contributed by atoms with Gasteiger partial charge in [0, 0.05) is 23.2 Å². The lowest BCUT2D eigenvalue weighted by molar-refractivity contribution is 0.451. The lowest BCUT2D eigenvalue weighted by Gasteiger charge is -2.07. The highest BCUT2D eigenvalue weighted by molar-refractivity contribution is 6.30. The molecule has 0 amide bonds. The first-order valence-electron chi connectivity index (χ1n) is 7.65. The molecular formula is C18H11ClF2N4O. The van der Waals surface area contributed by atoms with Crippen molar-refractivity contribution in [3.63, 3.8) is 0 Å². The third-order valence-electron chi connectivity index (χ3n) is 3.78. The fourth-order valence-electron chi connectivity index (χ4n) is 2.60. The van der Waals surface area contributed by atoms with Gasteiger partial charge < -0.3 is 9.84 Å². The van der Waals surface area contributed by atoms with Crippen molar-refractivity contribution in [2.45, 2.75) is 6.54 Å². The van der Waals surface area contributed by atoms with Crippen molar-refractivity contribution >= 4 is 28.5 Å². The Kier molecular flexibility index (Phi) is 4.22. The van der Waals surface area contributed by atoms with Crippen LogP contribution < -0.4 is 5.32 Å². The number of nitrogens with one attached hydrogen (secondary N) is 1. The van der Waals surface area contributed by atoms with E-state index in [-0.39, 0.29) is 17.0 Å². The summed E-state index contributed by atoms with van der Waals surface area (Å²) >= 11 is 5.88. The summed E-state index contributed by atoms with van der Waals surface area (Å²) in [4.78, 5) is 8.22. The second-order valence-corrected chi connectivity index (χ2v) is 6.01. The summed E-state index contributed by atoms with van der Waals surface area (Å²) in [6, 6.07) is 10.5. The minimum Gasteiger partial charge on any atom is -0.365 e. The normalized spacial score (nSPS) is 11.0. The van der Waals surface area contributed by atoms with E-state index in [1.807, 2.05) is 12.1 Å². The van der Waals surface area contributed by atoms with Crippen molar-refractivity contribution in [2.75, 3.05) is 5.32 Å². The highest BCUT2D eigenvalue weighted by Gasteiger charge is 2.18. The third-order valence-corrected chi connectivity index (χ3v) is 4.03. The fourth-order valence-corrected chi connectivity index (χ4v) is 2.72. The van der Waals surface area contributed by atoms with E-state index in [4.69, 9.17) is 16.1 Å². The molecule has 2 heterocycles. The molecule has 4 aromatic rings. The molecular weight excluding hydrogens is 362 g/mol. The zero-order chi connectivity index (χ0) is 18.1. The summed E-state index contributed by atoms with van der Waals surface area (Å²) in [5.41, 5.74) is 1.71. The van der Waals surface area contributed by atoms with Crippen LogP contribution in [0.15, 0.2) is 53.3 Å². The van der Waals surface area contributed by atoms with Crippen LogP contribution in [-0.2, 0) is 6.54 Å². The van der Waals surface area contributed by atoms with Crippen LogP contribution in [0, 0.1) is 11.6 Å². The van der Waals surface area contributed by atoms with Gasteiger partial charge in [-0.25, -0.2) is 13.8 Å². The van der Waals surface area contributed by atoms with E-state index >= 15 is 0 Å². The standard InChI is InChI=1S/C18H11ClF2N4O/c19-12-3-1-10(2-4-12)8-22-17-15-16(25-26-18(15)24-9-23-17)11-5-13(20)7-14(21)6-11/h1-7,9H,8H2,(H,22,23,24). The van der Waals surface area contributed by atoms with E-state index in [0.29, 0.717) is 22.8 Å². The van der Waals surface area contributed by atoms with Crippen molar-refractivity contribution in [2.24, 2.45) is 0 Å². The van der Waals surface area contributed by atoms with Gasteiger partial charge in [-0.2, -0.15) is 4.98 Å². The molecule has 0 saturated carbocycles. The van der Waals surface area contributed by atoms with Gasteiger partial charge in [-0.1, -0.05) is 28.9 Å². The lowest BCUT2D eigenvalue weighted by atomic mass is 10.1. The average Bonchev–Trinajstić information content (AvgIpc) is 3.05. The number of halogens is 3. The molecule has 0 unspecified atom stereocenters. The number of rotatable bonds is 4. The molecule has 1 N–H and O–H groups in total. The molecule has 0 aliphatic rings. The molecule has 0 spiro atoms. The van der Waals surface area contributed by atoms with Gasteiger partial charge in [-0.15, -0.1) is 0 Å². The van der Waals surface area contributed by atoms with Crippen molar-refractivity contribution in [3.8, 4) is 11.3 Å². The summed E-state index contributed by atoms with van der Waals surface area (Å²) in [5.74, 6) is -0.960. The van der Waals surface area contributed by atoms with Gasteiger partial charge in [-0.05, 0) is 29.8 Å². The van der Waals surface area contributed by atoms with Gasteiger partial charge in [0.2, 0.25) is 0 Å². The summed E-state index contributed by atoms with van der Waals surface area (Å²) < 4.78 is 32.3. The lowest BCUT2D eigenvalue weighted by Crippen LogP contribution is -2.02. The van der Waals surface area contributed by atoms with Crippen LogP contribution in [0.3, 0.4) is 0 Å². The molecule has 0 aliphatic carbocycles. The minimum atomic E-state index is -0.705. The Labute approximate surface area is 151 Å². The average molecular weight is 373 g/mol. The molecule has 0 saturated heterocycles. The first kappa shape index (κ1) is 16.4. The summed E-state index contributed by atoms with van der Waals surface area (Å²) in [6.07, 6.45) is 1.33. The van der Waals surface area contributed by atoms with Crippen LogP contribution in [0.25, 0.3) is 22.4 Å². The summed E-state index contributed by atoms with van der Waals surface area (Å²) in [7, 11) is 0. The van der Waals surface area contributed by atoms with E-state index in [2.05, 4.69) is 20.4 Å². The molecule has 4 rings (SSSR count). The smallest absolute Gasteiger partial charge is 0.263 e. The number of aromatic nitrogens is 3. The Hall–Kier alpha value is -3.06. The number of anilines is 1. The molecule has 2 aromatic heterocycles. The Bertz CT molecular complexity index is 1060. The maximum atomic E-state index is 13.6. The van der Waals surface area contributed by atoms with Crippen molar-refractivity contribution in [3.05, 3.63) is 71.0 Å². The second kappa shape index (κ2) is 6.68. The molecule has 2 aromatic carbocycles. The fraction of sp³-hybridized carbons (Fsp3) is 0.0556. The van der Waals surface area contributed by atoms with E-state index in [1.165, 1.54) is 18.5 Å². The quantitative estimate of drug-likeness (QED) is 0.556. The predicted octanol–water partition coefficient (Wildman–Crippen LogP) is 4.83. The van der Waals surface area contributed by atoms with Crippen LogP contribution in [0.4, 0.5) is 14.6 Å². The molecule has 0 fully saturated rings.